The van der Waals surface area contributed by atoms with Crippen LogP contribution in [0.5, 0.6) is 0 Å². The van der Waals surface area contributed by atoms with Crippen molar-refractivity contribution >= 4 is 17.7 Å². The highest BCUT2D eigenvalue weighted by Gasteiger charge is 2.35. The number of carbonyl (C=O) groups is 3. The summed E-state index contributed by atoms with van der Waals surface area (Å²) in [4.78, 5) is 41.4. The van der Waals surface area contributed by atoms with Crippen LogP contribution in [0.25, 0.3) is 0 Å². The lowest BCUT2D eigenvalue weighted by atomic mass is 9.83. The first-order valence-electron chi connectivity index (χ1n) is 10.3. The number of piperazine rings is 1. The molecule has 6 nitrogen and oxygen atoms in total. The third-order valence-electron chi connectivity index (χ3n) is 5.74. The Morgan fingerprint density at radius 2 is 1.43 bits per heavy atom. The largest absolute Gasteiger partial charge is 0.343 e. The Hall–Kier alpha value is -3.15. The molecule has 0 bridgehead atoms. The minimum atomic E-state index is -0.616. The predicted octanol–water partition coefficient (Wildman–Crippen LogP) is 2.37. The molecule has 1 saturated heterocycles. The molecule has 1 N–H and O–H groups in total. The molecule has 0 unspecified atom stereocenters. The fraction of sp³-hybridized carbons (Fsp3) is 0.375. The van der Waals surface area contributed by atoms with Crippen molar-refractivity contribution in [3.63, 3.8) is 0 Å². The molecule has 1 aliphatic rings. The molecule has 0 radical (unpaired) electrons. The van der Waals surface area contributed by atoms with E-state index in [9.17, 15) is 14.4 Å². The second kappa shape index (κ2) is 9.11. The van der Waals surface area contributed by atoms with Crippen LogP contribution in [-0.4, -0.2) is 60.2 Å². The minimum absolute atomic E-state index is 0.0450. The van der Waals surface area contributed by atoms with Crippen molar-refractivity contribution in [2.45, 2.75) is 26.2 Å². The molecule has 30 heavy (non-hydrogen) atoms. The van der Waals surface area contributed by atoms with Crippen molar-refractivity contribution in [2.75, 3.05) is 32.7 Å². The summed E-state index contributed by atoms with van der Waals surface area (Å²) in [6.45, 7) is 7.61. The molecule has 3 amide bonds. The van der Waals surface area contributed by atoms with Gasteiger partial charge in [0.1, 0.15) is 0 Å². The number of hydrogen-bond acceptors (Lipinski definition) is 3. The maximum Gasteiger partial charge on any atom is 0.251 e. The Morgan fingerprint density at radius 1 is 0.867 bits per heavy atom. The summed E-state index contributed by atoms with van der Waals surface area (Å²) in [5.74, 6) is -0.320. The smallest absolute Gasteiger partial charge is 0.251 e. The van der Waals surface area contributed by atoms with Crippen LogP contribution in [0.15, 0.2) is 54.6 Å². The second-order valence-corrected chi connectivity index (χ2v) is 8.16. The molecule has 0 aromatic heterocycles. The maximum absolute atomic E-state index is 13.1. The number of benzene rings is 2. The van der Waals surface area contributed by atoms with Gasteiger partial charge in [-0.2, -0.15) is 0 Å². The Balaban J connectivity index is 1.51. The van der Waals surface area contributed by atoms with Crippen molar-refractivity contribution in [1.82, 2.24) is 15.1 Å². The summed E-state index contributed by atoms with van der Waals surface area (Å²) in [6, 6.07) is 17.0. The Kier molecular flexibility index (Phi) is 6.55. The van der Waals surface area contributed by atoms with E-state index in [4.69, 9.17) is 0 Å². The van der Waals surface area contributed by atoms with E-state index in [-0.39, 0.29) is 24.3 Å². The zero-order valence-electron chi connectivity index (χ0n) is 17.9. The summed E-state index contributed by atoms with van der Waals surface area (Å²) < 4.78 is 0. The molecule has 2 aromatic rings. The fourth-order valence-electron chi connectivity index (χ4n) is 3.72. The highest BCUT2D eigenvalue weighted by atomic mass is 16.2. The van der Waals surface area contributed by atoms with Gasteiger partial charge in [-0.3, -0.25) is 14.4 Å². The lowest BCUT2D eigenvalue weighted by Crippen LogP contribution is -2.55. The van der Waals surface area contributed by atoms with E-state index in [0.29, 0.717) is 31.7 Å². The zero-order valence-corrected chi connectivity index (χ0v) is 17.9. The highest BCUT2D eigenvalue weighted by Crippen LogP contribution is 2.26. The highest BCUT2D eigenvalue weighted by molar-refractivity contribution is 5.97. The van der Waals surface area contributed by atoms with Crippen molar-refractivity contribution in [3.05, 3.63) is 71.3 Å². The van der Waals surface area contributed by atoms with Crippen LogP contribution >= 0.6 is 0 Å². The van der Waals surface area contributed by atoms with E-state index >= 15 is 0 Å². The van der Waals surface area contributed by atoms with Crippen LogP contribution in [0.1, 0.15) is 35.3 Å². The third kappa shape index (κ3) is 4.70. The van der Waals surface area contributed by atoms with E-state index in [1.165, 1.54) is 0 Å². The summed E-state index contributed by atoms with van der Waals surface area (Å²) in [5.41, 5.74) is 1.81. The molecule has 0 aliphatic carbocycles. The normalized spacial score (nSPS) is 14.4. The van der Waals surface area contributed by atoms with Crippen LogP contribution in [0.2, 0.25) is 0 Å². The van der Waals surface area contributed by atoms with Crippen molar-refractivity contribution in [3.8, 4) is 0 Å². The topological polar surface area (TPSA) is 69.7 Å². The van der Waals surface area contributed by atoms with E-state index in [1.54, 1.807) is 17.0 Å². The van der Waals surface area contributed by atoms with E-state index < -0.39 is 5.41 Å². The number of nitrogens with one attached hydrogen (secondary N) is 1. The number of nitrogens with zero attached hydrogens (tertiary/aromatic N) is 2. The average molecular weight is 408 g/mol. The molecular formula is C24H29N3O3. The van der Waals surface area contributed by atoms with E-state index in [0.717, 1.165) is 11.1 Å². The molecule has 0 saturated carbocycles. The van der Waals surface area contributed by atoms with Crippen LogP contribution < -0.4 is 5.32 Å². The quantitative estimate of drug-likeness (QED) is 0.827. The Labute approximate surface area is 177 Å². The van der Waals surface area contributed by atoms with Gasteiger partial charge < -0.3 is 15.1 Å². The average Bonchev–Trinajstić information content (AvgIpc) is 2.77. The van der Waals surface area contributed by atoms with Gasteiger partial charge in [-0.15, -0.1) is 0 Å². The van der Waals surface area contributed by atoms with E-state index in [1.807, 2.05) is 68.1 Å². The van der Waals surface area contributed by atoms with Crippen molar-refractivity contribution in [2.24, 2.45) is 0 Å². The summed E-state index contributed by atoms with van der Waals surface area (Å²) >= 11 is 0. The van der Waals surface area contributed by atoms with Gasteiger partial charge in [0, 0.05) is 31.7 Å². The van der Waals surface area contributed by atoms with Gasteiger partial charge in [-0.25, -0.2) is 0 Å². The molecule has 6 heteroatoms. The third-order valence-corrected chi connectivity index (χ3v) is 5.74. The van der Waals surface area contributed by atoms with Gasteiger partial charge in [-0.1, -0.05) is 48.5 Å². The van der Waals surface area contributed by atoms with E-state index in [2.05, 4.69) is 5.32 Å². The molecular weight excluding hydrogens is 378 g/mol. The molecule has 0 spiro atoms. The minimum Gasteiger partial charge on any atom is -0.343 e. The molecule has 1 fully saturated rings. The van der Waals surface area contributed by atoms with Gasteiger partial charge in [0.15, 0.2) is 0 Å². The number of rotatable bonds is 5. The van der Waals surface area contributed by atoms with Crippen molar-refractivity contribution in [1.29, 1.82) is 0 Å². The number of amides is 3. The molecule has 0 atom stereocenters. The summed E-state index contributed by atoms with van der Waals surface area (Å²) in [7, 11) is 0. The monoisotopic (exact) mass is 407 g/mol. The van der Waals surface area contributed by atoms with Gasteiger partial charge in [-0.05, 0) is 38.0 Å². The molecule has 1 heterocycles. The zero-order chi connectivity index (χ0) is 21.7. The van der Waals surface area contributed by atoms with Gasteiger partial charge in [0.05, 0.1) is 12.0 Å². The predicted molar refractivity (Wildman–Crippen MR) is 116 cm³/mol. The van der Waals surface area contributed by atoms with Crippen LogP contribution in [0, 0.1) is 6.92 Å². The van der Waals surface area contributed by atoms with Gasteiger partial charge in [0.2, 0.25) is 11.8 Å². The Bertz CT molecular complexity index is 916. The molecule has 1 aliphatic heterocycles. The summed E-state index contributed by atoms with van der Waals surface area (Å²) in [6.07, 6.45) is 0. The lowest BCUT2D eigenvalue weighted by Gasteiger charge is -2.38. The first-order chi connectivity index (χ1) is 14.3. The number of carbonyl (C=O) groups excluding carboxylic acids is 3. The van der Waals surface area contributed by atoms with Crippen LogP contribution in [0.4, 0.5) is 0 Å². The number of aryl methyl sites for hydroxylation is 1. The van der Waals surface area contributed by atoms with Gasteiger partial charge >= 0.3 is 0 Å². The first-order valence-corrected chi connectivity index (χ1v) is 10.3. The lowest BCUT2D eigenvalue weighted by molar-refractivity contribution is -0.142. The first kappa shape index (κ1) is 21.6. The standard InChI is InChI=1S/C24H29N3O3/c1-18-9-7-8-12-20(18)22(29)25-17-21(28)26-13-15-27(16-14-26)23(30)24(2,3)19-10-5-4-6-11-19/h4-12H,13-17H2,1-3H3,(H,25,29). The molecule has 2 aromatic carbocycles. The second-order valence-electron chi connectivity index (χ2n) is 8.16. The molecule has 158 valence electrons. The van der Waals surface area contributed by atoms with Crippen LogP contribution in [0.3, 0.4) is 0 Å². The molecule has 3 rings (SSSR count). The van der Waals surface area contributed by atoms with Crippen LogP contribution in [-0.2, 0) is 15.0 Å². The summed E-state index contributed by atoms with van der Waals surface area (Å²) in [5, 5.41) is 2.71. The van der Waals surface area contributed by atoms with Gasteiger partial charge in [0.25, 0.3) is 5.91 Å². The maximum atomic E-state index is 13.1. The fourth-order valence-corrected chi connectivity index (χ4v) is 3.72. The SMILES string of the molecule is Cc1ccccc1C(=O)NCC(=O)N1CCN(C(=O)C(C)(C)c2ccccc2)CC1. The Morgan fingerprint density at radius 3 is 2.07 bits per heavy atom. The number of hydrogen-bond donors (Lipinski definition) is 1. The van der Waals surface area contributed by atoms with Crippen molar-refractivity contribution < 1.29 is 14.4 Å².